The van der Waals surface area contributed by atoms with Gasteiger partial charge in [0, 0.05) is 17.7 Å². The average molecular weight is 479 g/mol. The van der Waals surface area contributed by atoms with Gasteiger partial charge in [-0.05, 0) is 63.2 Å². The SMILES string of the molecule is CC(C)Oc1ccc(-c2noc(-c3ccc(O[C@H](C)C(=O)NCCO)cc3)n2)cc1C(F)(F)F. The lowest BCUT2D eigenvalue weighted by molar-refractivity contribution is -0.139. The van der Waals surface area contributed by atoms with Crippen molar-refractivity contribution < 1.29 is 37.1 Å². The smallest absolute Gasteiger partial charge is 0.419 e. The molecular weight excluding hydrogens is 455 g/mol. The van der Waals surface area contributed by atoms with Gasteiger partial charge >= 0.3 is 6.18 Å². The first-order chi connectivity index (χ1) is 16.1. The number of hydrogen-bond acceptors (Lipinski definition) is 7. The largest absolute Gasteiger partial charge is 0.490 e. The van der Waals surface area contributed by atoms with E-state index in [-0.39, 0.29) is 42.1 Å². The van der Waals surface area contributed by atoms with E-state index in [0.29, 0.717) is 11.3 Å². The zero-order chi connectivity index (χ0) is 24.9. The molecule has 0 saturated carbocycles. The number of carbonyl (C=O) groups is 1. The molecule has 182 valence electrons. The second-order valence-corrected chi connectivity index (χ2v) is 7.60. The Morgan fingerprint density at radius 3 is 2.38 bits per heavy atom. The number of hydrogen-bond donors (Lipinski definition) is 2. The van der Waals surface area contributed by atoms with Gasteiger partial charge in [-0.2, -0.15) is 18.2 Å². The lowest BCUT2D eigenvalue weighted by atomic mass is 10.1. The van der Waals surface area contributed by atoms with Gasteiger partial charge in [-0.1, -0.05) is 5.16 Å². The lowest BCUT2D eigenvalue weighted by Gasteiger charge is -2.16. The van der Waals surface area contributed by atoms with Crippen molar-refractivity contribution in [2.75, 3.05) is 13.2 Å². The van der Waals surface area contributed by atoms with Crippen LogP contribution in [-0.2, 0) is 11.0 Å². The molecule has 1 heterocycles. The van der Waals surface area contributed by atoms with E-state index in [2.05, 4.69) is 15.5 Å². The fourth-order valence-corrected chi connectivity index (χ4v) is 2.96. The number of alkyl halides is 3. The van der Waals surface area contributed by atoms with Gasteiger partial charge in [-0.25, -0.2) is 0 Å². The summed E-state index contributed by atoms with van der Waals surface area (Å²) >= 11 is 0. The van der Waals surface area contributed by atoms with Crippen LogP contribution in [0.25, 0.3) is 22.8 Å². The Morgan fingerprint density at radius 2 is 1.76 bits per heavy atom. The minimum absolute atomic E-state index is 0.00824. The standard InChI is InChI=1S/C23H24F3N3O5/c1-13(2)32-19-9-6-16(12-18(19)23(24,25)26)20-28-22(34-29-20)15-4-7-17(8-5-15)33-14(3)21(31)27-10-11-30/h4-9,12-14,30H,10-11H2,1-3H3,(H,27,31)/t14-/m1/s1. The van der Waals surface area contributed by atoms with E-state index in [1.807, 2.05) is 0 Å². The maximum atomic E-state index is 13.5. The van der Waals surface area contributed by atoms with Crippen LogP contribution in [0.15, 0.2) is 47.0 Å². The van der Waals surface area contributed by atoms with Crippen LogP contribution in [-0.4, -0.2) is 46.5 Å². The van der Waals surface area contributed by atoms with Crippen molar-refractivity contribution in [3.63, 3.8) is 0 Å². The van der Waals surface area contributed by atoms with E-state index in [9.17, 15) is 18.0 Å². The van der Waals surface area contributed by atoms with Gasteiger partial charge in [0.25, 0.3) is 11.8 Å². The molecule has 11 heteroatoms. The Balaban J connectivity index is 1.77. The van der Waals surface area contributed by atoms with Crippen LogP contribution in [0.5, 0.6) is 11.5 Å². The number of halogens is 3. The highest BCUT2D eigenvalue weighted by Crippen LogP contribution is 2.39. The first kappa shape index (κ1) is 25.0. The number of benzene rings is 2. The zero-order valence-corrected chi connectivity index (χ0v) is 18.7. The van der Waals surface area contributed by atoms with Gasteiger partial charge in [0.1, 0.15) is 11.5 Å². The number of rotatable bonds is 9. The molecule has 1 aromatic heterocycles. The molecule has 0 radical (unpaired) electrons. The van der Waals surface area contributed by atoms with Gasteiger partial charge < -0.3 is 24.4 Å². The van der Waals surface area contributed by atoms with Crippen molar-refractivity contribution in [2.24, 2.45) is 0 Å². The molecule has 2 aromatic carbocycles. The van der Waals surface area contributed by atoms with Crippen LogP contribution in [0.4, 0.5) is 13.2 Å². The van der Waals surface area contributed by atoms with Crippen molar-refractivity contribution in [3.05, 3.63) is 48.0 Å². The number of amides is 1. The maximum absolute atomic E-state index is 13.5. The monoisotopic (exact) mass is 479 g/mol. The summed E-state index contributed by atoms with van der Waals surface area (Å²) in [6.45, 7) is 4.80. The number of carbonyl (C=O) groups excluding carboxylic acids is 1. The molecule has 0 aliphatic carbocycles. The topological polar surface area (TPSA) is 107 Å². The molecule has 3 aromatic rings. The molecular formula is C23H24F3N3O5. The Hall–Kier alpha value is -3.60. The highest BCUT2D eigenvalue weighted by Gasteiger charge is 2.35. The van der Waals surface area contributed by atoms with E-state index < -0.39 is 23.9 Å². The molecule has 0 bridgehead atoms. The first-order valence-electron chi connectivity index (χ1n) is 10.5. The summed E-state index contributed by atoms with van der Waals surface area (Å²) in [6, 6.07) is 10.0. The first-order valence-corrected chi connectivity index (χ1v) is 10.5. The average Bonchev–Trinajstić information content (AvgIpc) is 3.27. The molecule has 34 heavy (non-hydrogen) atoms. The van der Waals surface area contributed by atoms with Crippen LogP contribution in [0, 0.1) is 0 Å². The lowest BCUT2D eigenvalue weighted by Crippen LogP contribution is -2.37. The minimum atomic E-state index is -4.62. The molecule has 8 nitrogen and oxygen atoms in total. The highest BCUT2D eigenvalue weighted by molar-refractivity contribution is 5.80. The normalized spacial score (nSPS) is 12.5. The molecule has 1 amide bonds. The predicted octanol–water partition coefficient (Wildman–Crippen LogP) is 4.09. The van der Waals surface area contributed by atoms with E-state index in [0.717, 1.165) is 6.07 Å². The van der Waals surface area contributed by atoms with E-state index in [4.69, 9.17) is 19.1 Å². The number of nitrogens with one attached hydrogen (secondary N) is 1. The minimum Gasteiger partial charge on any atom is -0.490 e. The molecule has 0 unspecified atom stereocenters. The van der Waals surface area contributed by atoms with E-state index >= 15 is 0 Å². The van der Waals surface area contributed by atoms with E-state index in [1.165, 1.54) is 12.1 Å². The number of ether oxygens (including phenoxy) is 2. The van der Waals surface area contributed by atoms with Gasteiger partial charge in [-0.15, -0.1) is 0 Å². The van der Waals surface area contributed by atoms with Crippen LogP contribution in [0.1, 0.15) is 26.3 Å². The van der Waals surface area contributed by atoms with Crippen molar-refractivity contribution in [1.29, 1.82) is 0 Å². The summed E-state index contributed by atoms with van der Waals surface area (Å²) in [7, 11) is 0. The van der Waals surface area contributed by atoms with Gasteiger partial charge in [0.2, 0.25) is 5.82 Å². The van der Waals surface area contributed by atoms with Gasteiger partial charge in [-0.3, -0.25) is 4.79 Å². The fourth-order valence-electron chi connectivity index (χ4n) is 2.96. The second kappa shape index (κ2) is 10.6. The molecule has 1 atom stereocenters. The Morgan fingerprint density at radius 1 is 1.09 bits per heavy atom. The molecule has 0 aliphatic rings. The number of nitrogens with zero attached hydrogens (tertiary/aromatic N) is 2. The molecule has 0 spiro atoms. The molecule has 2 N–H and O–H groups in total. The molecule has 0 fully saturated rings. The van der Waals surface area contributed by atoms with Crippen molar-refractivity contribution in [2.45, 2.75) is 39.2 Å². The number of aromatic nitrogens is 2. The molecule has 0 saturated heterocycles. The second-order valence-electron chi connectivity index (χ2n) is 7.60. The number of aliphatic hydroxyl groups excluding tert-OH is 1. The third kappa shape index (κ3) is 6.25. The van der Waals surface area contributed by atoms with Crippen molar-refractivity contribution >= 4 is 5.91 Å². The fraction of sp³-hybridized carbons (Fsp3) is 0.348. The van der Waals surface area contributed by atoms with Gasteiger partial charge in [0.05, 0.1) is 18.3 Å². The van der Waals surface area contributed by atoms with Crippen molar-refractivity contribution in [1.82, 2.24) is 15.5 Å². The summed E-state index contributed by atoms with van der Waals surface area (Å²) in [5.41, 5.74) is -0.288. The van der Waals surface area contributed by atoms with E-state index in [1.54, 1.807) is 45.0 Å². The molecule has 0 aliphatic heterocycles. The van der Waals surface area contributed by atoms with Crippen LogP contribution in [0.2, 0.25) is 0 Å². The quantitative estimate of drug-likeness (QED) is 0.476. The van der Waals surface area contributed by atoms with Gasteiger partial charge in [0.15, 0.2) is 6.10 Å². The number of aliphatic hydroxyl groups is 1. The summed E-state index contributed by atoms with van der Waals surface area (Å²) in [6.07, 6.45) is -5.82. The summed E-state index contributed by atoms with van der Waals surface area (Å²) in [5.74, 6) is -0.143. The third-order valence-electron chi connectivity index (χ3n) is 4.53. The van der Waals surface area contributed by atoms with Crippen LogP contribution >= 0.6 is 0 Å². The maximum Gasteiger partial charge on any atom is 0.419 e. The third-order valence-corrected chi connectivity index (χ3v) is 4.53. The van der Waals surface area contributed by atoms with Crippen LogP contribution < -0.4 is 14.8 Å². The zero-order valence-electron chi connectivity index (χ0n) is 18.7. The Kier molecular flexibility index (Phi) is 7.77. The molecule has 3 rings (SSSR count). The predicted molar refractivity (Wildman–Crippen MR) is 116 cm³/mol. The van der Waals surface area contributed by atoms with Crippen LogP contribution in [0.3, 0.4) is 0 Å². The summed E-state index contributed by atoms with van der Waals surface area (Å²) in [5, 5.41) is 15.1. The van der Waals surface area contributed by atoms with Crippen molar-refractivity contribution in [3.8, 4) is 34.3 Å². The summed E-state index contributed by atoms with van der Waals surface area (Å²) < 4.78 is 56.6. The highest BCUT2D eigenvalue weighted by atomic mass is 19.4. The Labute approximate surface area is 193 Å². The Bertz CT molecular complexity index is 1110. The summed E-state index contributed by atoms with van der Waals surface area (Å²) in [4.78, 5) is 16.0.